The molecule has 3 amide bonds. The molecule has 3 aliphatic rings. The van der Waals surface area contributed by atoms with Gasteiger partial charge in [-0.25, -0.2) is 0 Å². The lowest BCUT2D eigenvalue weighted by molar-refractivity contribution is -0.132. The lowest BCUT2D eigenvalue weighted by Crippen LogP contribution is -2.44. The quantitative estimate of drug-likeness (QED) is 0.634. The molecule has 142 valence electrons. The van der Waals surface area contributed by atoms with Crippen molar-refractivity contribution in [3.63, 3.8) is 0 Å². The number of benzene rings is 1. The summed E-state index contributed by atoms with van der Waals surface area (Å²) >= 11 is 0. The summed E-state index contributed by atoms with van der Waals surface area (Å²) in [5, 5.41) is 14.3. The Balaban J connectivity index is 1.57. The van der Waals surface area contributed by atoms with Gasteiger partial charge in [0.1, 0.15) is 5.60 Å². The summed E-state index contributed by atoms with van der Waals surface area (Å²) in [6.07, 6.45) is 3.32. The third-order valence-corrected chi connectivity index (χ3v) is 5.31. The van der Waals surface area contributed by atoms with Gasteiger partial charge in [-0.1, -0.05) is 12.2 Å². The molecule has 3 heterocycles. The van der Waals surface area contributed by atoms with Crippen LogP contribution in [0.1, 0.15) is 6.92 Å². The molecule has 3 aliphatic heterocycles. The Morgan fingerprint density at radius 3 is 2.74 bits per heavy atom. The number of hydrogen-bond acceptors (Lipinski definition) is 5. The third-order valence-electron chi connectivity index (χ3n) is 5.31. The molecule has 0 aliphatic carbocycles. The minimum absolute atomic E-state index is 0.147. The van der Waals surface area contributed by atoms with Crippen LogP contribution in [0.5, 0.6) is 0 Å². The second-order valence-corrected chi connectivity index (χ2v) is 7.07. The van der Waals surface area contributed by atoms with Crippen LogP contribution in [-0.2, 0) is 19.1 Å². The zero-order chi connectivity index (χ0) is 19.2. The van der Waals surface area contributed by atoms with Crippen LogP contribution in [-0.4, -0.2) is 54.2 Å². The van der Waals surface area contributed by atoms with E-state index in [1.807, 2.05) is 12.2 Å². The molecule has 0 radical (unpaired) electrons. The van der Waals surface area contributed by atoms with Gasteiger partial charge >= 0.3 is 0 Å². The van der Waals surface area contributed by atoms with E-state index in [4.69, 9.17) is 9.84 Å². The third kappa shape index (κ3) is 2.81. The Kier molecular flexibility index (Phi) is 4.24. The average molecular weight is 371 g/mol. The van der Waals surface area contributed by atoms with Crippen LogP contribution in [0.2, 0.25) is 0 Å². The fourth-order valence-electron chi connectivity index (χ4n) is 4.24. The molecule has 1 unspecified atom stereocenters. The van der Waals surface area contributed by atoms with Crippen LogP contribution < -0.4 is 15.5 Å². The Hall–Kier alpha value is -2.71. The molecule has 27 heavy (non-hydrogen) atoms. The van der Waals surface area contributed by atoms with E-state index in [0.717, 1.165) is 0 Å². The number of rotatable bonds is 5. The highest BCUT2D eigenvalue weighted by Gasteiger charge is 2.66. The monoisotopic (exact) mass is 371 g/mol. The van der Waals surface area contributed by atoms with Gasteiger partial charge in [0.05, 0.1) is 31.1 Å². The number of aliphatic hydroxyl groups excluding tert-OH is 1. The van der Waals surface area contributed by atoms with Gasteiger partial charge in [0.15, 0.2) is 0 Å². The number of nitrogens with zero attached hydrogens (tertiary/aromatic N) is 1. The summed E-state index contributed by atoms with van der Waals surface area (Å²) in [6, 6.07) is 6.99. The first-order valence-corrected chi connectivity index (χ1v) is 8.90. The number of carbonyl (C=O) groups is 3. The first kappa shape index (κ1) is 17.7. The molecule has 2 saturated heterocycles. The van der Waals surface area contributed by atoms with Crippen LogP contribution >= 0.6 is 0 Å². The number of hydrogen-bond donors (Lipinski definition) is 3. The molecule has 3 N–H and O–H groups in total. The minimum Gasteiger partial charge on any atom is -0.395 e. The van der Waals surface area contributed by atoms with Gasteiger partial charge in [0.25, 0.3) is 0 Å². The second kappa shape index (κ2) is 6.47. The van der Waals surface area contributed by atoms with E-state index in [9.17, 15) is 14.4 Å². The number of carbonyl (C=O) groups excluding carboxylic acids is 3. The van der Waals surface area contributed by atoms with Crippen LogP contribution in [0.25, 0.3) is 0 Å². The fourth-order valence-corrected chi connectivity index (χ4v) is 4.24. The van der Waals surface area contributed by atoms with Crippen molar-refractivity contribution in [3.8, 4) is 0 Å². The number of anilines is 2. The molecule has 1 spiro atoms. The van der Waals surface area contributed by atoms with Crippen LogP contribution in [0.15, 0.2) is 36.4 Å². The van der Waals surface area contributed by atoms with Crippen LogP contribution in [0, 0.1) is 11.8 Å². The van der Waals surface area contributed by atoms with Crippen molar-refractivity contribution in [1.82, 2.24) is 5.32 Å². The lowest BCUT2D eigenvalue weighted by atomic mass is 9.77. The van der Waals surface area contributed by atoms with Crippen LogP contribution in [0.3, 0.4) is 0 Å². The molecule has 2 bridgehead atoms. The summed E-state index contributed by atoms with van der Waals surface area (Å²) in [6.45, 7) is 1.76. The standard InChI is InChI=1S/C19H21N3O5/c1-11(24)21-12-2-4-13(5-3-12)22-10-19-7-6-14(27-19)15(16(19)18(22)26)17(25)20-8-9-23/h2-7,14-16,23H,8-10H2,1H3,(H,20,25)(H,21,24)/t14-,15?,16+,19-/m0/s1. The highest BCUT2D eigenvalue weighted by Crippen LogP contribution is 2.52. The molecular formula is C19H21N3O5. The average Bonchev–Trinajstić information content (AvgIpc) is 3.28. The Morgan fingerprint density at radius 1 is 1.33 bits per heavy atom. The number of ether oxygens (including phenoxy) is 1. The summed E-state index contributed by atoms with van der Waals surface area (Å²) in [7, 11) is 0. The molecule has 1 aromatic carbocycles. The second-order valence-electron chi connectivity index (χ2n) is 7.07. The van der Waals surface area contributed by atoms with Gasteiger partial charge < -0.3 is 25.4 Å². The minimum atomic E-state index is -0.792. The highest BCUT2D eigenvalue weighted by atomic mass is 16.5. The zero-order valence-electron chi connectivity index (χ0n) is 14.8. The smallest absolute Gasteiger partial charge is 0.234 e. The number of aliphatic hydroxyl groups is 1. The first-order valence-electron chi connectivity index (χ1n) is 8.90. The Labute approximate surface area is 156 Å². The predicted octanol–water partition coefficient (Wildman–Crippen LogP) is 0.0399. The van der Waals surface area contributed by atoms with E-state index < -0.39 is 23.5 Å². The number of amides is 3. The maximum Gasteiger partial charge on any atom is 0.234 e. The van der Waals surface area contributed by atoms with E-state index in [1.165, 1.54) is 6.92 Å². The van der Waals surface area contributed by atoms with Crippen molar-refractivity contribution in [1.29, 1.82) is 0 Å². The van der Waals surface area contributed by atoms with Crippen molar-refractivity contribution in [2.24, 2.45) is 11.8 Å². The van der Waals surface area contributed by atoms with Crippen molar-refractivity contribution in [2.75, 3.05) is 29.9 Å². The van der Waals surface area contributed by atoms with E-state index in [1.54, 1.807) is 29.2 Å². The molecule has 2 fully saturated rings. The maximum absolute atomic E-state index is 13.1. The molecule has 0 aromatic heterocycles. The number of nitrogens with one attached hydrogen (secondary N) is 2. The molecule has 0 saturated carbocycles. The molecule has 8 heteroatoms. The largest absolute Gasteiger partial charge is 0.395 e. The van der Waals surface area contributed by atoms with Gasteiger partial charge in [0.2, 0.25) is 17.7 Å². The summed E-state index contributed by atoms with van der Waals surface area (Å²) in [5.41, 5.74) is 0.543. The lowest BCUT2D eigenvalue weighted by Gasteiger charge is -2.23. The van der Waals surface area contributed by atoms with Gasteiger partial charge in [-0.2, -0.15) is 0 Å². The first-order chi connectivity index (χ1) is 12.9. The van der Waals surface area contributed by atoms with Crippen molar-refractivity contribution >= 4 is 29.1 Å². The normalized spacial score (nSPS) is 30.5. The van der Waals surface area contributed by atoms with Gasteiger partial charge in [-0.05, 0) is 24.3 Å². The van der Waals surface area contributed by atoms with Crippen molar-refractivity contribution in [2.45, 2.75) is 18.6 Å². The topological polar surface area (TPSA) is 108 Å². The SMILES string of the molecule is CC(=O)Nc1ccc(N2C[C@]34C=C[C@H](O3)C(C(=O)NCCO)[C@@H]4C2=O)cc1. The van der Waals surface area contributed by atoms with E-state index in [-0.39, 0.29) is 30.9 Å². The van der Waals surface area contributed by atoms with Crippen LogP contribution in [0.4, 0.5) is 11.4 Å². The van der Waals surface area contributed by atoms with Gasteiger partial charge in [-0.15, -0.1) is 0 Å². The zero-order valence-corrected chi connectivity index (χ0v) is 14.8. The van der Waals surface area contributed by atoms with Crippen molar-refractivity contribution < 1.29 is 24.2 Å². The van der Waals surface area contributed by atoms with Gasteiger partial charge in [-0.3, -0.25) is 14.4 Å². The van der Waals surface area contributed by atoms with Crippen molar-refractivity contribution in [3.05, 3.63) is 36.4 Å². The molecule has 8 nitrogen and oxygen atoms in total. The summed E-state index contributed by atoms with van der Waals surface area (Å²) in [5.74, 6) is -1.78. The van der Waals surface area contributed by atoms with E-state index >= 15 is 0 Å². The molecule has 4 atom stereocenters. The molecule has 1 aromatic rings. The number of fused-ring (bicyclic) bond motifs is 1. The van der Waals surface area contributed by atoms with E-state index in [2.05, 4.69) is 10.6 Å². The molecule has 4 rings (SSSR count). The predicted molar refractivity (Wildman–Crippen MR) is 96.9 cm³/mol. The Bertz CT molecular complexity index is 821. The highest BCUT2D eigenvalue weighted by molar-refractivity contribution is 6.03. The van der Waals surface area contributed by atoms with E-state index in [0.29, 0.717) is 17.9 Å². The molecular weight excluding hydrogens is 350 g/mol. The fraction of sp³-hybridized carbons (Fsp3) is 0.421. The summed E-state index contributed by atoms with van der Waals surface area (Å²) in [4.78, 5) is 38.4. The Morgan fingerprint density at radius 2 is 2.07 bits per heavy atom. The van der Waals surface area contributed by atoms with Gasteiger partial charge in [0, 0.05) is 24.8 Å². The summed E-state index contributed by atoms with van der Waals surface area (Å²) < 4.78 is 6.04. The maximum atomic E-state index is 13.1.